The number of H-pyrrole nitrogens is 1. The van der Waals surface area contributed by atoms with Gasteiger partial charge in [0.25, 0.3) is 5.56 Å². The number of nitrogens with one attached hydrogen (secondary N) is 2. The van der Waals surface area contributed by atoms with Gasteiger partial charge in [0.15, 0.2) is 0 Å². The molecule has 28 heavy (non-hydrogen) atoms. The Labute approximate surface area is 160 Å². The van der Waals surface area contributed by atoms with Crippen molar-refractivity contribution in [2.75, 3.05) is 6.54 Å². The van der Waals surface area contributed by atoms with E-state index in [1.165, 1.54) is 12.1 Å². The van der Waals surface area contributed by atoms with Crippen LogP contribution in [-0.4, -0.2) is 27.6 Å². The third-order valence-electron chi connectivity index (χ3n) is 4.07. The molecule has 0 aliphatic carbocycles. The van der Waals surface area contributed by atoms with Crippen LogP contribution in [0.15, 0.2) is 29.1 Å². The summed E-state index contributed by atoms with van der Waals surface area (Å²) < 4.78 is 38.3. The van der Waals surface area contributed by atoms with Crippen LogP contribution in [0.5, 0.6) is 0 Å². The topological polar surface area (TPSA) is 87.7 Å². The van der Waals surface area contributed by atoms with E-state index >= 15 is 0 Å². The summed E-state index contributed by atoms with van der Waals surface area (Å²) in [5.41, 5.74) is -0.781. The average molecular weight is 396 g/mol. The number of nitrogens with zero attached hydrogens (tertiary/aromatic N) is 2. The van der Waals surface area contributed by atoms with Crippen LogP contribution in [0.3, 0.4) is 0 Å². The zero-order chi connectivity index (χ0) is 20.7. The third kappa shape index (κ3) is 6.79. The molecule has 0 spiro atoms. The van der Waals surface area contributed by atoms with Gasteiger partial charge in [-0.2, -0.15) is 13.2 Å². The van der Waals surface area contributed by atoms with E-state index in [-0.39, 0.29) is 36.7 Å². The lowest BCUT2D eigenvalue weighted by Gasteiger charge is -2.08. The zero-order valence-electron chi connectivity index (χ0n) is 15.8. The molecule has 0 unspecified atom stereocenters. The van der Waals surface area contributed by atoms with Crippen LogP contribution in [0.4, 0.5) is 13.2 Å². The molecule has 0 aliphatic heterocycles. The van der Waals surface area contributed by atoms with Crippen LogP contribution >= 0.6 is 0 Å². The Balaban J connectivity index is 1.95. The number of aryl methyl sites for hydroxylation is 1. The highest BCUT2D eigenvalue weighted by Crippen LogP contribution is 2.29. The van der Waals surface area contributed by atoms with Crippen molar-refractivity contribution in [3.63, 3.8) is 0 Å². The normalized spacial score (nSPS) is 11.6. The smallest absolute Gasteiger partial charge is 0.356 e. The average Bonchev–Trinajstić information content (AvgIpc) is 2.60. The number of aromatic amines is 1. The Kier molecular flexibility index (Phi) is 7.31. The molecule has 2 aromatic rings. The van der Waals surface area contributed by atoms with Gasteiger partial charge in [-0.05, 0) is 24.0 Å². The van der Waals surface area contributed by atoms with Crippen LogP contribution in [0.2, 0.25) is 0 Å². The molecular formula is C19H23F3N4O2. The van der Waals surface area contributed by atoms with Gasteiger partial charge in [-0.15, -0.1) is 10.2 Å². The number of hydrogen-bond donors (Lipinski definition) is 2. The van der Waals surface area contributed by atoms with Gasteiger partial charge in [0.1, 0.15) is 11.5 Å². The first-order valence-electron chi connectivity index (χ1n) is 9.02. The van der Waals surface area contributed by atoms with E-state index in [1.54, 1.807) is 0 Å². The Hall–Kier alpha value is -2.71. The molecule has 0 aliphatic rings. The summed E-state index contributed by atoms with van der Waals surface area (Å²) in [4.78, 5) is 26.4. The molecule has 2 N–H and O–H groups in total. The fourth-order valence-electron chi connectivity index (χ4n) is 2.51. The third-order valence-corrected chi connectivity index (χ3v) is 4.07. The maximum atomic E-state index is 12.8. The van der Waals surface area contributed by atoms with Gasteiger partial charge in [0, 0.05) is 25.8 Å². The number of amides is 1. The van der Waals surface area contributed by atoms with Gasteiger partial charge in [-0.25, -0.2) is 0 Å². The maximum absolute atomic E-state index is 12.8. The van der Waals surface area contributed by atoms with E-state index in [1.807, 2.05) is 0 Å². The zero-order valence-corrected chi connectivity index (χ0v) is 15.8. The molecular weight excluding hydrogens is 373 g/mol. The Morgan fingerprint density at radius 3 is 2.64 bits per heavy atom. The van der Waals surface area contributed by atoms with E-state index in [9.17, 15) is 22.8 Å². The van der Waals surface area contributed by atoms with Gasteiger partial charge >= 0.3 is 6.18 Å². The van der Waals surface area contributed by atoms with Gasteiger partial charge < -0.3 is 10.3 Å². The molecule has 0 bridgehead atoms. The molecule has 1 amide bonds. The van der Waals surface area contributed by atoms with Gasteiger partial charge in [-0.3, -0.25) is 9.59 Å². The largest absolute Gasteiger partial charge is 0.416 e. The Morgan fingerprint density at radius 1 is 1.25 bits per heavy atom. The summed E-state index contributed by atoms with van der Waals surface area (Å²) in [5, 5.41) is 10.5. The minimum absolute atomic E-state index is 0.0160. The van der Waals surface area contributed by atoms with Crippen molar-refractivity contribution in [2.24, 2.45) is 5.92 Å². The number of benzene rings is 1. The lowest BCUT2D eigenvalue weighted by Crippen LogP contribution is -2.27. The highest BCUT2D eigenvalue weighted by atomic mass is 19.4. The highest BCUT2D eigenvalue weighted by Gasteiger charge is 2.30. The molecule has 1 aromatic carbocycles. The van der Waals surface area contributed by atoms with Crippen molar-refractivity contribution in [1.29, 1.82) is 0 Å². The number of carbonyl (C=O) groups is 1. The lowest BCUT2D eigenvalue weighted by atomic mass is 10.1. The molecule has 1 heterocycles. The van der Waals surface area contributed by atoms with E-state index in [0.29, 0.717) is 18.0 Å². The first kappa shape index (κ1) is 21.6. The second-order valence-corrected chi connectivity index (χ2v) is 6.95. The summed E-state index contributed by atoms with van der Waals surface area (Å²) in [6.07, 6.45) is -3.30. The number of rotatable bonds is 8. The van der Waals surface area contributed by atoms with E-state index in [0.717, 1.165) is 18.6 Å². The molecule has 0 fully saturated rings. The summed E-state index contributed by atoms with van der Waals surface area (Å²) in [6, 6.07) is 4.81. The van der Waals surface area contributed by atoms with Crippen molar-refractivity contribution >= 4 is 5.91 Å². The van der Waals surface area contributed by atoms with E-state index in [4.69, 9.17) is 0 Å². The molecule has 152 valence electrons. The van der Waals surface area contributed by atoms with Crippen LogP contribution in [0, 0.1) is 5.92 Å². The standard InChI is InChI=1S/C19H23F3N4O2/c1-12(2)8-9-23-17(27)7-6-15-18(28)24-16(26-25-15)11-13-4-3-5-14(10-13)19(20,21)22/h3-5,10,12H,6-9,11H2,1-2H3,(H,23,27)(H,24,26,28). The van der Waals surface area contributed by atoms with Crippen LogP contribution in [0.25, 0.3) is 0 Å². The molecule has 0 saturated heterocycles. The second-order valence-electron chi connectivity index (χ2n) is 6.95. The molecule has 9 heteroatoms. The predicted molar refractivity (Wildman–Crippen MR) is 97.7 cm³/mol. The monoisotopic (exact) mass is 396 g/mol. The molecule has 0 atom stereocenters. The van der Waals surface area contributed by atoms with Crippen molar-refractivity contribution in [3.05, 3.63) is 57.3 Å². The summed E-state index contributed by atoms with van der Waals surface area (Å²) in [7, 11) is 0. The molecule has 2 rings (SSSR count). The van der Waals surface area contributed by atoms with Crippen molar-refractivity contribution < 1.29 is 18.0 Å². The van der Waals surface area contributed by atoms with Gasteiger partial charge in [0.2, 0.25) is 5.91 Å². The number of carbonyl (C=O) groups excluding carboxylic acids is 1. The van der Waals surface area contributed by atoms with Crippen molar-refractivity contribution in [3.8, 4) is 0 Å². The maximum Gasteiger partial charge on any atom is 0.416 e. The number of halogens is 3. The van der Waals surface area contributed by atoms with Gasteiger partial charge in [0.05, 0.1) is 5.56 Å². The number of hydrogen-bond acceptors (Lipinski definition) is 4. The molecule has 0 saturated carbocycles. The minimum atomic E-state index is -4.44. The predicted octanol–water partition coefficient (Wildman–Crippen LogP) is 2.87. The van der Waals surface area contributed by atoms with E-state index < -0.39 is 17.3 Å². The fraction of sp³-hybridized carbons (Fsp3) is 0.474. The fourth-order valence-corrected chi connectivity index (χ4v) is 2.51. The Morgan fingerprint density at radius 2 is 2.00 bits per heavy atom. The van der Waals surface area contributed by atoms with Gasteiger partial charge in [-0.1, -0.05) is 32.0 Å². The van der Waals surface area contributed by atoms with Crippen LogP contribution < -0.4 is 10.9 Å². The first-order chi connectivity index (χ1) is 13.1. The second kappa shape index (κ2) is 9.48. The molecule has 0 radical (unpaired) electrons. The lowest BCUT2D eigenvalue weighted by molar-refractivity contribution is -0.137. The summed E-state index contributed by atoms with van der Waals surface area (Å²) in [5.74, 6) is 0.475. The molecule has 1 aromatic heterocycles. The highest BCUT2D eigenvalue weighted by molar-refractivity contribution is 5.76. The first-order valence-corrected chi connectivity index (χ1v) is 9.02. The minimum Gasteiger partial charge on any atom is -0.356 e. The SMILES string of the molecule is CC(C)CCNC(=O)CCc1nnc(Cc2cccc(C(F)(F)F)c2)[nH]c1=O. The van der Waals surface area contributed by atoms with Crippen LogP contribution in [-0.2, 0) is 23.8 Å². The van der Waals surface area contributed by atoms with E-state index in [2.05, 4.69) is 34.3 Å². The number of aromatic nitrogens is 3. The molecule has 6 nitrogen and oxygen atoms in total. The van der Waals surface area contributed by atoms with Crippen LogP contribution in [0.1, 0.15) is 49.3 Å². The number of alkyl halides is 3. The summed E-state index contributed by atoms with van der Waals surface area (Å²) in [6.45, 7) is 4.69. The van der Waals surface area contributed by atoms with Crippen molar-refractivity contribution in [1.82, 2.24) is 20.5 Å². The Bertz CT molecular complexity index is 863. The summed E-state index contributed by atoms with van der Waals surface area (Å²) >= 11 is 0. The quantitative estimate of drug-likeness (QED) is 0.718. The van der Waals surface area contributed by atoms with Crippen molar-refractivity contribution in [2.45, 2.75) is 45.7 Å².